The Hall–Kier alpha value is -3.14. The van der Waals surface area contributed by atoms with Gasteiger partial charge in [0.25, 0.3) is 0 Å². The Labute approximate surface area is 184 Å². The molecule has 0 radical (unpaired) electrons. The fourth-order valence-electron chi connectivity index (χ4n) is 5.19. The maximum atomic E-state index is 13.0. The van der Waals surface area contributed by atoms with Gasteiger partial charge in [-0.25, -0.2) is 5.21 Å². The third kappa shape index (κ3) is 3.58. The molecule has 2 N–H and O–H groups in total. The number of carbonyl (C=O) groups is 1. The third-order valence-electron chi connectivity index (χ3n) is 6.73. The minimum atomic E-state index is -1.20. The van der Waals surface area contributed by atoms with E-state index in [-0.39, 0.29) is 23.4 Å². The Balaban J connectivity index is 1.29. The molecule has 9 heteroatoms. The van der Waals surface area contributed by atoms with E-state index in [1.54, 1.807) is 17.7 Å². The molecule has 2 aliphatic heterocycles. The van der Waals surface area contributed by atoms with E-state index in [1.165, 1.54) is 6.07 Å². The smallest absolute Gasteiger partial charge is 0.315 e. The first kappa shape index (κ1) is 20.7. The van der Waals surface area contributed by atoms with Crippen molar-refractivity contribution in [2.75, 3.05) is 20.2 Å². The van der Waals surface area contributed by atoms with Gasteiger partial charge in [0.05, 0.1) is 7.11 Å². The molecule has 0 saturated carbocycles. The van der Waals surface area contributed by atoms with Crippen LogP contribution in [0.1, 0.15) is 24.5 Å². The lowest BCUT2D eigenvalue weighted by Crippen LogP contribution is -3.00. The van der Waals surface area contributed by atoms with Crippen LogP contribution in [0, 0.1) is 11.1 Å². The van der Waals surface area contributed by atoms with E-state index in [9.17, 15) is 20.0 Å². The molecule has 5 rings (SSSR count). The normalized spacial score (nSPS) is 20.8. The number of fused-ring (bicyclic) bond motifs is 5. The maximum absolute atomic E-state index is 13.0. The van der Waals surface area contributed by atoms with E-state index in [4.69, 9.17) is 4.74 Å². The number of carbonyl (C=O) groups excluding carboxylic acids is 1. The Morgan fingerprint density at radius 3 is 2.84 bits per heavy atom. The quantitative estimate of drug-likeness (QED) is 0.584. The number of piperidine rings is 1. The van der Waals surface area contributed by atoms with E-state index in [0.29, 0.717) is 32.6 Å². The van der Waals surface area contributed by atoms with Gasteiger partial charge in [-0.05, 0) is 42.7 Å². The van der Waals surface area contributed by atoms with Crippen LogP contribution in [0.2, 0.25) is 0 Å². The molecule has 2 bridgehead atoms. The minimum absolute atomic E-state index is 0.0573. The first-order valence-corrected chi connectivity index (χ1v) is 10.8. The van der Waals surface area contributed by atoms with Crippen LogP contribution in [-0.2, 0) is 17.9 Å². The van der Waals surface area contributed by atoms with Crippen LogP contribution in [0.3, 0.4) is 0 Å². The second kappa shape index (κ2) is 8.09. The Kier molecular flexibility index (Phi) is 5.24. The van der Waals surface area contributed by atoms with Crippen LogP contribution in [0.25, 0.3) is 10.9 Å². The SMILES string of the molecule is COc1ccc2c(ccn2CCC(=O)N2C[C@H]3C[C@@H](C2)c2ccc([NH+]([O-])O)c(=O)n2C3)c1. The highest BCUT2D eigenvalue weighted by Gasteiger charge is 2.37. The number of likely N-dealkylation sites (tertiary alicyclic amines) is 1. The molecule has 9 nitrogen and oxygen atoms in total. The predicted molar refractivity (Wildman–Crippen MR) is 117 cm³/mol. The molecule has 32 heavy (non-hydrogen) atoms. The first-order valence-electron chi connectivity index (χ1n) is 10.8. The summed E-state index contributed by atoms with van der Waals surface area (Å²) in [6, 6.07) is 11.1. The van der Waals surface area contributed by atoms with Gasteiger partial charge in [-0.2, -0.15) is 5.23 Å². The highest BCUT2D eigenvalue weighted by Crippen LogP contribution is 2.35. The van der Waals surface area contributed by atoms with Gasteiger partial charge >= 0.3 is 5.56 Å². The number of pyridine rings is 1. The van der Waals surface area contributed by atoms with Gasteiger partial charge in [-0.1, -0.05) is 0 Å². The number of aromatic nitrogens is 2. The number of quaternary nitrogens is 1. The number of rotatable bonds is 5. The number of hydrogen-bond acceptors (Lipinski definition) is 5. The molecule has 1 saturated heterocycles. The predicted octanol–water partition coefficient (Wildman–Crippen LogP) is 1.25. The lowest BCUT2D eigenvalue weighted by atomic mass is 9.83. The zero-order valence-corrected chi connectivity index (χ0v) is 17.9. The summed E-state index contributed by atoms with van der Waals surface area (Å²) in [6.45, 7) is 2.21. The van der Waals surface area contributed by atoms with Crippen molar-refractivity contribution in [2.24, 2.45) is 5.92 Å². The van der Waals surface area contributed by atoms with Crippen LogP contribution in [-0.4, -0.2) is 45.3 Å². The van der Waals surface area contributed by atoms with Crippen molar-refractivity contribution in [3.63, 3.8) is 0 Å². The van der Waals surface area contributed by atoms with Gasteiger partial charge in [-0.15, -0.1) is 0 Å². The van der Waals surface area contributed by atoms with Gasteiger partial charge in [0.1, 0.15) is 5.75 Å². The molecule has 2 aromatic heterocycles. The number of methoxy groups -OCH3 is 1. The summed E-state index contributed by atoms with van der Waals surface area (Å²) in [7, 11) is 1.64. The lowest BCUT2D eigenvalue weighted by Gasteiger charge is -2.43. The zero-order valence-electron chi connectivity index (χ0n) is 17.9. The highest BCUT2D eigenvalue weighted by molar-refractivity contribution is 5.82. The maximum Gasteiger partial charge on any atom is 0.315 e. The van der Waals surface area contributed by atoms with Crippen LogP contribution >= 0.6 is 0 Å². The summed E-state index contributed by atoms with van der Waals surface area (Å²) in [4.78, 5) is 27.5. The Bertz CT molecular complexity index is 1230. The Morgan fingerprint density at radius 1 is 1.22 bits per heavy atom. The molecule has 3 atom stereocenters. The molecular weight excluding hydrogens is 412 g/mol. The summed E-state index contributed by atoms with van der Waals surface area (Å²) >= 11 is 0. The molecule has 1 fully saturated rings. The number of benzene rings is 1. The third-order valence-corrected chi connectivity index (χ3v) is 6.73. The van der Waals surface area contributed by atoms with Gasteiger partial charge in [-0.3, -0.25) is 9.59 Å². The van der Waals surface area contributed by atoms with Gasteiger partial charge in [0.15, 0.2) is 0 Å². The summed E-state index contributed by atoms with van der Waals surface area (Å²) in [5, 5.41) is 20.4. The van der Waals surface area contributed by atoms with Gasteiger partial charge in [0.2, 0.25) is 11.6 Å². The number of nitrogens with zero attached hydrogens (tertiary/aromatic N) is 3. The van der Waals surface area contributed by atoms with Gasteiger partial charge < -0.3 is 24.0 Å². The highest BCUT2D eigenvalue weighted by atomic mass is 16.8. The fourth-order valence-corrected chi connectivity index (χ4v) is 5.19. The molecule has 3 aromatic rings. The zero-order chi connectivity index (χ0) is 22.4. The number of amides is 1. The van der Waals surface area contributed by atoms with E-state index in [1.807, 2.05) is 35.4 Å². The largest absolute Gasteiger partial charge is 0.595 e. The molecule has 1 aromatic carbocycles. The summed E-state index contributed by atoms with van der Waals surface area (Å²) < 4.78 is 8.96. The van der Waals surface area contributed by atoms with Crippen molar-refractivity contribution in [1.82, 2.24) is 14.0 Å². The molecule has 168 valence electrons. The average molecular weight is 438 g/mol. The number of ether oxygens (including phenoxy) is 1. The summed E-state index contributed by atoms with van der Waals surface area (Å²) in [5.74, 6) is 1.13. The molecule has 1 unspecified atom stereocenters. The second-order valence-corrected chi connectivity index (χ2v) is 8.67. The van der Waals surface area contributed by atoms with Crippen molar-refractivity contribution >= 4 is 22.5 Å². The van der Waals surface area contributed by atoms with Crippen molar-refractivity contribution in [3.05, 3.63) is 63.9 Å². The monoisotopic (exact) mass is 438 g/mol. The van der Waals surface area contributed by atoms with Crippen molar-refractivity contribution in [3.8, 4) is 5.75 Å². The standard InChI is InChI=1S/C23H26N4O5/c1-32-18-2-3-19-16(11-18)6-8-24(19)9-7-22(28)25-12-15-10-17(14-25)20-4-5-21(27(30)31)23(29)26(20)13-15/h2-6,8,11,15,17,27,30H,7,9-10,12-14H2,1H3/t15-,17+/m1/s1. The molecule has 0 aliphatic carbocycles. The molecule has 1 amide bonds. The summed E-state index contributed by atoms with van der Waals surface area (Å²) in [5.41, 5.74) is 1.26. The Morgan fingerprint density at radius 2 is 2.06 bits per heavy atom. The summed E-state index contributed by atoms with van der Waals surface area (Å²) in [6.07, 6.45) is 3.31. The lowest BCUT2D eigenvalue weighted by molar-refractivity contribution is -0.992. The number of aryl methyl sites for hydroxylation is 1. The number of hydrogen-bond donors (Lipinski definition) is 2. The number of nitrogens with one attached hydrogen (secondary N) is 1. The van der Waals surface area contributed by atoms with Crippen LogP contribution in [0.4, 0.5) is 5.69 Å². The van der Waals surface area contributed by atoms with E-state index >= 15 is 0 Å². The fraction of sp³-hybridized carbons (Fsp3) is 0.391. The second-order valence-electron chi connectivity index (χ2n) is 8.67. The van der Waals surface area contributed by atoms with Gasteiger partial charge in [0, 0.05) is 67.4 Å². The van der Waals surface area contributed by atoms with E-state index in [2.05, 4.69) is 4.57 Å². The molecular formula is C23H26N4O5. The molecule has 2 aliphatic rings. The average Bonchev–Trinajstić information content (AvgIpc) is 3.19. The van der Waals surface area contributed by atoms with Crippen LogP contribution in [0.5, 0.6) is 5.75 Å². The topological polar surface area (TPSA) is 104 Å². The van der Waals surface area contributed by atoms with Crippen LogP contribution in [0.15, 0.2) is 47.4 Å². The van der Waals surface area contributed by atoms with E-state index in [0.717, 1.165) is 28.8 Å². The first-order chi connectivity index (χ1) is 15.4. The van der Waals surface area contributed by atoms with Crippen LogP contribution < -0.4 is 15.5 Å². The van der Waals surface area contributed by atoms with Crippen molar-refractivity contribution < 1.29 is 20.0 Å². The molecule has 4 heterocycles. The molecule has 0 spiro atoms. The minimum Gasteiger partial charge on any atom is -0.595 e. The van der Waals surface area contributed by atoms with Crippen molar-refractivity contribution in [2.45, 2.75) is 31.8 Å². The van der Waals surface area contributed by atoms with Crippen molar-refractivity contribution in [1.29, 1.82) is 0 Å². The van der Waals surface area contributed by atoms with E-state index < -0.39 is 10.8 Å².